The minimum atomic E-state index is -1.79. The minimum absolute atomic E-state index is 0.0977. The molecule has 3 N–H and O–H groups in total. The molecule has 3 fully saturated rings. The average Bonchev–Trinajstić information content (AvgIpc) is 3.18. The number of anilines is 1. The molecule has 0 bridgehead atoms. The predicted octanol–water partition coefficient (Wildman–Crippen LogP) is -0.401. The summed E-state index contributed by atoms with van der Waals surface area (Å²) in [7, 11) is 0. The maximum absolute atomic E-state index is 7.10. The van der Waals surface area contributed by atoms with E-state index in [4.69, 9.17) is 26.3 Å². The number of nitrogens with one attached hydrogen (secondary N) is 1. The highest BCUT2D eigenvalue weighted by atomic mass is 16.8. The highest BCUT2D eigenvalue weighted by Gasteiger charge is 2.61. The molecule has 0 radical (unpaired) electrons. The molecule has 3 aliphatic heterocycles. The van der Waals surface area contributed by atoms with Gasteiger partial charge >= 0.3 is 12.7 Å². The van der Waals surface area contributed by atoms with Gasteiger partial charge in [-0.25, -0.2) is 4.98 Å². The highest BCUT2D eigenvalue weighted by Crippen LogP contribution is 2.36. The van der Waals surface area contributed by atoms with Crippen LogP contribution in [0.2, 0.25) is 0 Å². The smallest absolute Gasteiger partial charge is 0.481 e. The van der Waals surface area contributed by atoms with Gasteiger partial charge in [0.1, 0.15) is 11.9 Å². The summed E-state index contributed by atoms with van der Waals surface area (Å²) in [6.07, 6.45) is 3.27. The van der Waals surface area contributed by atoms with Crippen molar-refractivity contribution in [2.24, 2.45) is 0 Å². The molecule has 2 unspecified atom stereocenters. The van der Waals surface area contributed by atoms with Crippen LogP contribution in [0.3, 0.4) is 0 Å². The number of aromatic nitrogens is 2. The quantitative estimate of drug-likeness (QED) is 0.542. The SMILES string of the molecule is [C-]#[N+]c1nc([C@H]2O[B-]3(OC[C@@H]4CCC[NH+]43)O[C@H]2C)cnc1N. The van der Waals surface area contributed by atoms with Crippen LogP contribution >= 0.6 is 0 Å². The van der Waals surface area contributed by atoms with E-state index in [2.05, 4.69) is 14.8 Å². The Morgan fingerprint density at radius 3 is 3.18 bits per heavy atom. The summed E-state index contributed by atoms with van der Waals surface area (Å²) in [6, 6.07) is 0.460. The first-order chi connectivity index (χ1) is 10.6. The number of nitrogens with zero attached hydrogens (tertiary/aromatic N) is 3. The molecule has 4 heterocycles. The van der Waals surface area contributed by atoms with Gasteiger partial charge in [0.15, 0.2) is 5.69 Å². The molecule has 116 valence electrons. The van der Waals surface area contributed by atoms with Gasteiger partial charge in [-0.1, -0.05) is 6.57 Å². The fourth-order valence-corrected chi connectivity index (χ4v) is 3.82. The molecule has 5 atom stereocenters. The number of nitrogen functional groups attached to an aromatic ring is 1. The van der Waals surface area contributed by atoms with E-state index in [0.717, 1.165) is 13.0 Å². The number of nitrogens with two attached hydrogens (primary N) is 1. The lowest BCUT2D eigenvalue weighted by Gasteiger charge is -2.33. The third kappa shape index (κ3) is 1.92. The summed E-state index contributed by atoms with van der Waals surface area (Å²) in [6.45, 7) is 8.93. The van der Waals surface area contributed by atoms with Gasteiger partial charge in [-0.15, -0.1) is 4.98 Å². The fraction of sp³-hybridized carbons (Fsp3) is 0.615. The first kappa shape index (κ1) is 13.9. The topological polar surface area (TPSA) is 88.3 Å². The standard InChI is InChI=1S/C13H18BN5O3/c1-8-11(10-6-17-12(15)13(16-2)18-10)22-14(21-8)19-5-3-4-9(19)7-20-14/h6,8-9,11,19H,3-5,7H2,1H3,(H2,15,17)/t8-,9-,11-,14?/m0/s1. The third-order valence-electron chi connectivity index (χ3n) is 4.86. The van der Waals surface area contributed by atoms with E-state index in [9.17, 15) is 0 Å². The van der Waals surface area contributed by atoms with Gasteiger partial charge < -0.3 is 29.4 Å². The second-order valence-corrected chi connectivity index (χ2v) is 6.15. The van der Waals surface area contributed by atoms with Crippen molar-refractivity contribution < 1.29 is 18.8 Å². The fourth-order valence-electron chi connectivity index (χ4n) is 3.82. The van der Waals surface area contributed by atoms with Gasteiger partial charge in [-0.2, -0.15) is 0 Å². The van der Waals surface area contributed by atoms with Crippen LogP contribution in [0, 0.1) is 6.57 Å². The normalized spacial score (nSPS) is 40.0. The largest absolute Gasteiger partial charge is 0.624 e. The molecule has 22 heavy (non-hydrogen) atoms. The summed E-state index contributed by atoms with van der Waals surface area (Å²) in [4.78, 5) is 12.9. The number of fused-ring (bicyclic) bond motifs is 2. The molecule has 1 aromatic rings. The zero-order valence-electron chi connectivity index (χ0n) is 12.4. The van der Waals surface area contributed by atoms with Crippen molar-refractivity contribution >= 4 is 18.5 Å². The minimum Gasteiger partial charge on any atom is -0.481 e. The van der Waals surface area contributed by atoms with E-state index in [1.807, 2.05) is 6.92 Å². The van der Waals surface area contributed by atoms with Crippen LogP contribution in [0.1, 0.15) is 31.6 Å². The zero-order chi connectivity index (χ0) is 15.3. The summed E-state index contributed by atoms with van der Waals surface area (Å²) in [5.74, 6) is 0.230. The van der Waals surface area contributed by atoms with Gasteiger partial charge in [0.05, 0.1) is 18.8 Å². The first-order valence-electron chi connectivity index (χ1n) is 7.62. The van der Waals surface area contributed by atoms with Crippen molar-refractivity contribution in [3.05, 3.63) is 23.3 Å². The average molecular weight is 303 g/mol. The van der Waals surface area contributed by atoms with Crippen LogP contribution in [-0.4, -0.2) is 42.2 Å². The molecule has 0 aliphatic carbocycles. The summed E-state index contributed by atoms with van der Waals surface area (Å²) in [5, 5.41) is 0. The van der Waals surface area contributed by atoms with Crippen LogP contribution in [-0.2, 0) is 14.0 Å². The molecule has 3 aliphatic rings. The van der Waals surface area contributed by atoms with Crippen molar-refractivity contribution in [1.82, 2.24) is 9.97 Å². The molecular weight excluding hydrogens is 285 g/mol. The Hall–Kier alpha value is -1.73. The van der Waals surface area contributed by atoms with Crippen LogP contribution < -0.4 is 10.5 Å². The Bertz CT molecular complexity index is 653. The lowest BCUT2D eigenvalue weighted by molar-refractivity contribution is -0.820. The molecule has 0 saturated carbocycles. The molecular formula is C13H18BN5O3. The van der Waals surface area contributed by atoms with Crippen LogP contribution in [0.25, 0.3) is 4.85 Å². The lowest BCUT2D eigenvalue weighted by Crippen LogP contribution is -3.22. The Morgan fingerprint density at radius 2 is 2.36 bits per heavy atom. The van der Waals surface area contributed by atoms with Crippen LogP contribution in [0.5, 0.6) is 0 Å². The summed E-state index contributed by atoms with van der Waals surface area (Å²) < 4.78 is 18.2. The Kier molecular flexibility index (Phi) is 3.09. The summed E-state index contributed by atoms with van der Waals surface area (Å²) >= 11 is 0. The maximum atomic E-state index is 7.10. The molecule has 1 spiro atoms. The Morgan fingerprint density at radius 1 is 1.50 bits per heavy atom. The molecule has 3 saturated heterocycles. The number of rotatable bonds is 1. The van der Waals surface area contributed by atoms with Crippen molar-refractivity contribution in [1.29, 1.82) is 0 Å². The molecule has 4 rings (SSSR count). The maximum Gasteiger partial charge on any atom is 0.624 e. The Balaban J connectivity index is 1.63. The monoisotopic (exact) mass is 303 g/mol. The number of quaternary nitrogens is 1. The Labute approximate surface area is 128 Å². The van der Waals surface area contributed by atoms with E-state index >= 15 is 0 Å². The van der Waals surface area contributed by atoms with E-state index in [1.54, 1.807) is 6.20 Å². The number of hydrogen-bond donors (Lipinski definition) is 2. The summed E-state index contributed by atoms with van der Waals surface area (Å²) in [5.41, 5.74) is 6.20. The third-order valence-corrected chi connectivity index (χ3v) is 4.86. The van der Waals surface area contributed by atoms with Gasteiger partial charge in [-0.3, -0.25) is 0 Å². The molecule has 9 heteroatoms. The van der Waals surface area contributed by atoms with E-state index in [0.29, 0.717) is 18.3 Å². The van der Waals surface area contributed by atoms with E-state index in [1.165, 1.54) is 11.2 Å². The molecule has 0 aromatic carbocycles. The van der Waals surface area contributed by atoms with Crippen LogP contribution in [0.4, 0.5) is 11.6 Å². The van der Waals surface area contributed by atoms with Crippen LogP contribution in [0.15, 0.2) is 6.20 Å². The second-order valence-electron chi connectivity index (χ2n) is 6.15. The van der Waals surface area contributed by atoms with Gasteiger partial charge in [0, 0.05) is 19.1 Å². The van der Waals surface area contributed by atoms with Crippen molar-refractivity contribution in [2.45, 2.75) is 38.0 Å². The highest BCUT2D eigenvalue weighted by molar-refractivity contribution is 6.52. The van der Waals surface area contributed by atoms with Gasteiger partial charge in [-0.05, 0) is 13.3 Å². The van der Waals surface area contributed by atoms with Crippen molar-refractivity contribution in [2.75, 3.05) is 18.9 Å². The van der Waals surface area contributed by atoms with Gasteiger partial charge in [0.25, 0.3) is 0 Å². The predicted molar refractivity (Wildman–Crippen MR) is 77.6 cm³/mol. The van der Waals surface area contributed by atoms with E-state index < -0.39 is 6.89 Å². The molecule has 0 amide bonds. The number of hydrogen-bond acceptors (Lipinski definition) is 6. The zero-order valence-corrected chi connectivity index (χ0v) is 12.4. The lowest BCUT2D eigenvalue weighted by atomic mass is 9.95. The van der Waals surface area contributed by atoms with E-state index in [-0.39, 0.29) is 23.8 Å². The van der Waals surface area contributed by atoms with Crippen molar-refractivity contribution in [3.63, 3.8) is 0 Å². The first-order valence-corrected chi connectivity index (χ1v) is 7.62. The molecule has 8 nitrogen and oxygen atoms in total. The second kappa shape index (κ2) is 4.89. The van der Waals surface area contributed by atoms with Gasteiger partial charge in [0.2, 0.25) is 0 Å². The molecule has 1 aromatic heterocycles. The van der Waals surface area contributed by atoms with Crippen molar-refractivity contribution in [3.8, 4) is 0 Å².